The molecule has 2 heterocycles. The highest BCUT2D eigenvalue weighted by Gasteiger charge is 2.25. The molecule has 0 saturated carbocycles. The molecular weight excluding hydrogens is 392 g/mol. The normalized spacial score (nSPS) is 12.4. The van der Waals surface area contributed by atoms with Gasteiger partial charge in [-0.05, 0) is 34.9 Å². The van der Waals surface area contributed by atoms with Crippen molar-refractivity contribution in [3.8, 4) is 5.75 Å². The zero-order chi connectivity index (χ0) is 20.7. The number of pyridine rings is 1. The summed E-state index contributed by atoms with van der Waals surface area (Å²) >= 11 is 0. The molecule has 0 aliphatic carbocycles. The summed E-state index contributed by atoms with van der Waals surface area (Å²) in [6, 6.07) is 4.51. The number of rotatable bonds is 5. The summed E-state index contributed by atoms with van der Waals surface area (Å²) in [4.78, 5) is 4.30. The number of fused-ring (bicyclic) bond motifs is 1. The second-order valence-corrected chi connectivity index (χ2v) is 9.23. The fraction of sp³-hybridized carbons (Fsp3) is 0.353. The first-order chi connectivity index (χ1) is 12.9. The summed E-state index contributed by atoms with van der Waals surface area (Å²) in [6.45, 7) is 2.39. The van der Waals surface area contributed by atoms with Crippen LogP contribution in [0.5, 0.6) is 5.75 Å². The van der Waals surface area contributed by atoms with Crippen LogP contribution in [0.15, 0.2) is 27.2 Å². The molecule has 0 spiro atoms. The van der Waals surface area contributed by atoms with Crippen LogP contribution < -0.4 is 10.5 Å². The van der Waals surface area contributed by atoms with E-state index in [0.29, 0.717) is 47.0 Å². The van der Waals surface area contributed by atoms with E-state index in [1.165, 1.54) is 24.6 Å². The molecule has 1 aromatic carbocycles. The number of halogens is 2. The molecule has 0 atom stereocenters. The molecule has 8 nitrogen and oxygen atoms in total. The number of ether oxygens (including phenoxy) is 1. The van der Waals surface area contributed by atoms with Gasteiger partial charge >= 0.3 is 6.11 Å². The van der Waals surface area contributed by atoms with Crippen LogP contribution in [0.25, 0.3) is 11.2 Å². The largest absolute Gasteiger partial charge is 0.430 e. The maximum absolute atomic E-state index is 13.3. The van der Waals surface area contributed by atoms with E-state index in [0.717, 1.165) is 0 Å². The smallest absolute Gasteiger partial charge is 0.394 e. The number of hydrogen-bond donors (Lipinski definition) is 1. The van der Waals surface area contributed by atoms with E-state index in [1.54, 1.807) is 13.0 Å². The molecule has 2 aromatic heterocycles. The number of alkyl halides is 2. The van der Waals surface area contributed by atoms with Gasteiger partial charge in [0.1, 0.15) is 5.69 Å². The quantitative estimate of drug-likeness (QED) is 0.683. The molecule has 3 rings (SSSR count). The Balaban J connectivity index is 2.06. The Morgan fingerprint density at radius 1 is 1.32 bits per heavy atom. The summed E-state index contributed by atoms with van der Waals surface area (Å²) in [7, 11) is -2.60. The van der Waals surface area contributed by atoms with Crippen LogP contribution in [0.4, 0.5) is 20.2 Å². The molecule has 11 heteroatoms. The van der Waals surface area contributed by atoms with Crippen molar-refractivity contribution >= 4 is 32.3 Å². The SMILES string of the molecule is Cc1nc2nonc2c(N)c1Cc1ccc(OC(C)(F)F)c(N=S(C)(C)=O)c1. The molecule has 0 aliphatic rings. The monoisotopic (exact) mass is 411 g/mol. The lowest BCUT2D eigenvalue weighted by atomic mass is 10.0. The Morgan fingerprint density at radius 3 is 2.68 bits per heavy atom. The number of nitrogens with two attached hydrogens (primary N) is 1. The molecule has 150 valence electrons. The maximum Gasteiger partial charge on any atom is 0.394 e. The molecule has 2 N–H and O–H groups in total. The molecule has 28 heavy (non-hydrogen) atoms. The number of benzene rings is 1. The predicted molar refractivity (Wildman–Crippen MR) is 101 cm³/mol. The third-order valence-corrected chi connectivity index (χ3v) is 4.41. The number of nitrogen functional groups attached to an aromatic ring is 1. The van der Waals surface area contributed by atoms with Gasteiger partial charge in [0.25, 0.3) is 0 Å². The maximum atomic E-state index is 13.3. The van der Waals surface area contributed by atoms with Crippen molar-refractivity contribution in [1.82, 2.24) is 15.3 Å². The first kappa shape index (κ1) is 19.9. The Labute approximate surface area is 160 Å². The zero-order valence-electron chi connectivity index (χ0n) is 15.7. The average Bonchev–Trinajstić information content (AvgIpc) is 2.99. The first-order valence-corrected chi connectivity index (χ1v) is 10.5. The fourth-order valence-corrected chi connectivity index (χ4v) is 3.30. The Morgan fingerprint density at radius 2 is 2.04 bits per heavy atom. The lowest BCUT2D eigenvalue weighted by Gasteiger charge is -2.16. The van der Waals surface area contributed by atoms with Gasteiger partial charge in [0.05, 0.1) is 5.69 Å². The van der Waals surface area contributed by atoms with Gasteiger partial charge in [-0.3, -0.25) is 0 Å². The number of aryl methyl sites for hydroxylation is 1. The van der Waals surface area contributed by atoms with Gasteiger partial charge in [-0.25, -0.2) is 13.8 Å². The minimum absolute atomic E-state index is 0.0717. The Kier molecular flexibility index (Phi) is 4.96. The van der Waals surface area contributed by atoms with Crippen LogP contribution in [0.2, 0.25) is 0 Å². The van der Waals surface area contributed by atoms with Crippen molar-refractivity contribution in [2.75, 3.05) is 18.2 Å². The number of nitrogens with zero attached hydrogens (tertiary/aromatic N) is 4. The molecule has 0 bridgehead atoms. The van der Waals surface area contributed by atoms with Gasteiger partial charge < -0.3 is 10.5 Å². The van der Waals surface area contributed by atoms with Crippen LogP contribution >= 0.6 is 0 Å². The highest BCUT2D eigenvalue weighted by atomic mass is 32.2. The predicted octanol–water partition coefficient (Wildman–Crippen LogP) is 3.45. The van der Waals surface area contributed by atoms with E-state index in [-0.39, 0.29) is 11.4 Å². The van der Waals surface area contributed by atoms with Crippen molar-refractivity contribution in [3.63, 3.8) is 0 Å². The minimum atomic E-state index is -3.40. The van der Waals surface area contributed by atoms with Gasteiger partial charge in [-0.1, -0.05) is 6.07 Å². The second-order valence-electron chi connectivity index (χ2n) is 6.69. The molecular formula is C17H19F2N5O3S. The van der Waals surface area contributed by atoms with E-state index in [9.17, 15) is 13.0 Å². The molecule has 0 amide bonds. The van der Waals surface area contributed by atoms with Crippen LogP contribution in [0, 0.1) is 6.92 Å². The second kappa shape index (κ2) is 6.97. The first-order valence-electron chi connectivity index (χ1n) is 8.17. The summed E-state index contributed by atoms with van der Waals surface area (Å²) in [6.07, 6.45) is -0.256. The average molecular weight is 411 g/mol. The number of aromatic nitrogens is 3. The topological polar surface area (TPSA) is 116 Å². The number of hydrogen-bond acceptors (Lipinski definition) is 8. The van der Waals surface area contributed by atoms with Gasteiger partial charge in [-0.15, -0.1) is 0 Å². The van der Waals surface area contributed by atoms with E-state index in [1.807, 2.05) is 0 Å². The number of anilines is 1. The van der Waals surface area contributed by atoms with Crippen molar-refractivity contribution in [1.29, 1.82) is 0 Å². The minimum Gasteiger partial charge on any atom is -0.430 e. The van der Waals surface area contributed by atoms with Crippen molar-refractivity contribution in [2.45, 2.75) is 26.4 Å². The van der Waals surface area contributed by atoms with E-state index >= 15 is 0 Å². The molecule has 0 aliphatic heterocycles. The summed E-state index contributed by atoms with van der Waals surface area (Å²) in [5.41, 5.74) is 9.29. The van der Waals surface area contributed by atoms with Crippen molar-refractivity contribution < 1.29 is 22.4 Å². The lowest BCUT2D eigenvalue weighted by Crippen LogP contribution is -2.19. The summed E-state index contributed by atoms with van der Waals surface area (Å²) < 4.78 is 52.1. The molecule has 0 unspecified atom stereocenters. The lowest BCUT2D eigenvalue weighted by molar-refractivity contribution is -0.158. The zero-order valence-corrected chi connectivity index (χ0v) is 16.5. The highest BCUT2D eigenvalue weighted by Crippen LogP contribution is 2.35. The fourth-order valence-electron chi connectivity index (χ4n) is 2.68. The van der Waals surface area contributed by atoms with Gasteiger partial charge in [0.15, 0.2) is 11.3 Å². The molecule has 3 aromatic rings. The van der Waals surface area contributed by atoms with Crippen molar-refractivity contribution in [2.24, 2.45) is 4.36 Å². The molecule has 0 fully saturated rings. The van der Waals surface area contributed by atoms with Crippen LogP contribution in [0.3, 0.4) is 0 Å². The van der Waals surface area contributed by atoms with E-state index < -0.39 is 15.8 Å². The van der Waals surface area contributed by atoms with Gasteiger partial charge in [-0.2, -0.15) is 13.1 Å². The van der Waals surface area contributed by atoms with Crippen LogP contribution in [-0.4, -0.2) is 38.1 Å². The molecule has 0 radical (unpaired) electrons. The standard InChI is InChI=1S/C17H19F2N5O3S/c1-9-11(14(20)15-16(21-9)23-27-22-15)7-10-5-6-13(26-17(2,18)19)12(8-10)24-28(3,4)25/h5-6,8H,7,20H2,1-4H3. The Bertz CT molecular complexity index is 1160. The summed E-state index contributed by atoms with van der Waals surface area (Å²) in [5, 5.41) is 7.43. The van der Waals surface area contributed by atoms with Crippen molar-refractivity contribution in [3.05, 3.63) is 35.0 Å². The van der Waals surface area contributed by atoms with Crippen LogP contribution in [-0.2, 0) is 16.1 Å². The third-order valence-electron chi connectivity index (χ3n) is 3.77. The molecule has 0 saturated heterocycles. The van der Waals surface area contributed by atoms with E-state index in [2.05, 4.69) is 29.0 Å². The van der Waals surface area contributed by atoms with Crippen LogP contribution in [0.1, 0.15) is 23.7 Å². The third kappa shape index (κ3) is 4.53. The summed E-state index contributed by atoms with van der Waals surface area (Å²) in [5.74, 6) is -0.161. The van der Waals surface area contributed by atoms with Gasteiger partial charge in [0, 0.05) is 46.8 Å². The van der Waals surface area contributed by atoms with Gasteiger partial charge in [0.2, 0.25) is 5.65 Å². The highest BCUT2D eigenvalue weighted by molar-refractivity contribution is 7.92. The van der Waals surface area contributed by atoms with E-state index in [4.69, 9.17) is 5.73 Å². The Hall–Kier alpha value is -2.82.